The third-order valence-corrected chi connectivity index (χ3v) is 3.49. The maximum Gasteiger partial charge on any atom is 0.240 e. The lowest BCUT2D eigenvalue weighted by atomic mass is 9.93. The lowest BCUT2D eigenvalue weighted by Gasteiger charge is -2.26. The summed E-state index contributed by atoms with van der Waals surface area (Å²) in [5.74, 6) is 0.112. The molecule has 5 nitrogen and oxygen atoms in total. The van der Waals surface area contributed by atoms with Gasteiger partial charge >= 0.3 is 0 Å². The molecule has 1 fully saturated rings. The van der Waals surface area contributed by atoms with Gasteiger partial charge in [-0.05, 0) is 25.8 Å². The first-order chi connectivity index (χ1) is 8.16. The highest BCUT2D eigenvalue weighted by atomic mass is 35.5. The Bertz CT molecular complexity index is 399. The summed E-state index contributed by atoms with van der Waals surface area (Å²) >= 11 is 0. The number of aryl methyl sites for hydroxylation is 1. The minimum Gasteiger partial charge on any atom is -0.350 e. The fourth-order valence-electron chi connectivity index (χ4n) is 2.38. The Hall–Kier alpha value is -1.07. The SMILES string of the molecule is CCC1(C(=O)NCc2cnn(C)c2)CCCN1.Cl. The normalized spacial score (nSPS) is 22.6. The Morgan fingerprint density at radius 2 is 2.44 bits per heavy atom. The summed E-state index contributed by atoms with van der Waals surface area (Å²) in [5.41, 5.74) is 0.687. The number of carbonyl (C=O) groups excluding carboxylic acids is 1. The third-order valence-electron chi connectivity index (χ3n) is 3.49. The van der Waals surface area contributed by atoms with Crippen LogP contribution in [0.3, 0.4) is 0 Å². The fourth-order valence-corrected chi connectivity index (χ4v) is 2.38. The quantitative estimate of drug-likeness (QED) is 0.859. The molecular weight excluding hydrogens is 252 g/mol. The summed E-state index contributed by atoms with van der Waals surface area (Å²) in [5, 5.41) is 10.4. The number of nitrogens with zero attached hydrogens (tertiary/aromatic N) is 2. The molecule has 0 radical (unpaired) electrons. The van der Waals surface area contributed by atoms with Gasteiger partial charge in [-0.1, -0.05) is 6.92 Å². The van der Waals surface area contributed by atoms with Crippen LogP contribution in [0.5, 0.6) is 0 Å². The molecule has 1 atom stereocenters. The molecule has 1 aromatic heterocycles. The van der Waals surface area contributed by atoms with Crippen molar-refractivity contribution in [1.82, 2.24) is 20.4 Å². The van der Waals surface area contributed by atoms with E-state index in [9.17, 15) is 4.79 Å². The van der Waals surface area contributed by atoms with Crippen molar-refractivity contribution in [1.29, 1.82) is 0 Å². The Morgan fingerprint density at radius 1 is 1.67 bits per heavy atom. The van der Waals surface area contributed by atoms with E-state index in [-0.39, 0.29) is 23.9 Å². The second-order valence-corrected chi connectivity index (χ2v) is 4.67. The van der Waals surface area contributed by atoms with E-state index in [1.54, 1.807) is 10.9 Å². The molecule has 1 aliphatic rings. The van der Waals surface area contributed by atoms with Gasteiger partial charge in [0.2, 0.25) is 5.91 Å². The molecule has 0 bridgehead atoms. The van der Waals surface area contributed by atoms with Gasteiger partial charge in [-0.3, -0.25) is 9.48 Å². The highest BCUT2D eigenvalue weighted by Gasteiger charge is 2.38. The first-order valence-corrected chi connectivity index (χ1v) is 6.17. The van der Waals surface area contributed by atoms with E-state index in [1.807, 2.05) is 13.2 Å². The van der Waals surface area contributed by atoms with Crippen LogP contribution in [0.2, 0.25) is 0 Å². The van der Waals surface area contributed by atoms with E-state index >= 15 is 0 Å². The molecule has 0 aliphatic carbocycles. The molecule has 0 spiro atoms. The molecule has 1 amide bonds. The molecule has 1 aliphatic heterocycles. The van der Waals surface area contributed by atoms with E-state index in [4.69, 9.17) is 0 Å². The van der Waals surface area contributed by atoms with Crippen LogP contribution in [0, 0.1) is 0 Å². The maximum absolute atomic E-state index is 12.2. The highest BCUT2D eigenvalue weighted by molar-refractivity contribution is 5.86. The van der Waals surface area contributed by atoms with Crippen molar-refractivity contribution in [3.05, 3.63) is 18.0 Å². The molecule has 6 heteroatoms. The number of hydrogen-bond acceptors (Lipinski definition) is 3. The Morgan fingerprint density at radius 3 is 2.94 bits per heavy atom. The molecule has 2 rings (SSSR count). The van der Waals surface area contributed by atoms with Crippen molar-refractivity contribution in [2.75, 3.05) is 6.54 Å². The second-order valence-electron chi connectivity index (χ2n) is 4.67. The number of nitrogens with one attached hydrogen (secondary N) is 2. The molecule has 18 heavy (non-hydrogen) atoms. The molecule has 102 valence electrons. The first-order valence-electron chi connectivity index (χ1n) is 6.17. The van der Waals surface area contributed by atoms with Gasteiger partial charge in [-0.2, -0.15) is 5.10 Å². The average molecular weight is 273 g/mol. The van der Waals surface area contributed by atoms with Crippen LogP contribution < -0.4 is 10.6 Å². The number of hydrogen-bond donors (Lipinski definition) is 2. The standard InChI is InChI=1S/C12H20N4O.ClH/c1-3-12(5-4-6-14-12)11(17)13-7-10-8-15-16(2)9-10;/h8-9,14H,3-7H2,1-2H3,(H,13,17);1H. The monoisotopic (exact) mass is 272 g/mol. The summed E-state index contributed by atoms with van der Waals surface area (Å²) < 4.78 is 1.74. The van der Waals surface area contributed by atoms with Crippen molar-refractivity contribution < 1.29 is 4.79 Å². The minimum absolute atomic E-state index is 0. The summed E-state index contributed by atoms with van der Waals surface area (Å²) in [6, 6.07) is 0. The lowest BCUT2D eigenvalue weighted by molar-refractivity contribution is -0.127. The lowest BCUT2D eigenvalue weighted by Crippen LogP contribution is -2.52. The van der Waals surface area contributed by atoms with Crippen LogP contribution >= 0.6 is 12.4 Å². The number of carbonyl (C=O) groups is 1. The second kappa shape index (κ2) is 6.20. The van der Waals surface area contributed by atoms with Crippen molar-refractivity contribution >= 4 is 18.3 Å². The molecule has 1 saturated heterocycles. The van der Waals surface area contributed by atoms with E-state index in [1.165, 1.54) is 0 Å². The highest BCUT2D eigenvalue weighted by Crippen LogP contribution is 2.23. The zero-order valence-electron chi connectivity index (χ0n) is 10.9. The van der Waals surface area contributed by atoms with Crippen molar-refractivity contribution in [2.24, 2.45) is 7.05 Å². The molecule has 0 saturated carbocycles. The van der Waals surface area contributed by atoms with Crippen molar-refractivity contribution in [2.45, 2.75) is 38.3 Å². The Kier molecular flexibility index (Phi) is 5.16. The van der Waals surface area contributed by atoms with Crippen LogP contribution in [-0.4, -0.2) is 27.8 Å². The van der Waals surface area contributed by atoms with Gasteiger partial charge in [-0.15, -0.1) is 12.4 Å². The predicted molar refractivity (Wildman–Crippen MR) is 72.6 cm³/mol. The van der Waals surface area contributed by atoms with Crippen LogP contribution in [0.1, 0.15) is 31.7 Å². The van der Waals surface area contributed by atoms with E-state index in [0.29, 0.717) is 6.54 Å². The summed E-state index contributed by atoms with van der Waals surface area (Å²) in [7, 11) is 1.87. The summed E-state index contributed by atoms with van der Waals surface area (Å²) in [4.78, 5) is 12.2. The maximum atomic E-state index is 12.2. The van der Waals surface area contributed by atoms with Crippen LogP contribution in [-0.2, 0) is 18.4 Å². The van der Waals surface area contributed by atoms with Gasteiger partial charge < -0.3 is 10.6 Å². The third kappa shape index (κ3) is 3.03. The Balaban J connectivity index is 0.00000162. The number of aromatic nitrogens is 2. The van der Waals surface area contributed by atoms with Crippen LogP contribution in [0.25, 0.3) is 0 Å². The van der Waals surface area contributed by atoms with Gasteiger partial charge in [0.05, 0.1) is 11.7 Å². The van der Waals surface area contributed by atoms with Gasteiger partial charge in [0.25, 0.3) is 0 Å². The van der Waals surface area contributed by atoms with Crippen molar-refractivity contribution in [3.8, 4) is 0 Å². The zero-order chi connectivity index (χ0) is 12.3. The minimum atomic E-state index is -0.345. The van der Waals surface area contributed by atoms with Crippen molar-refractivity contribution in [3.63, 3.8) is 0 Å². The number of halogens is 1. The Labute approximate surface area is 114 Å². The largest absolute Gasteiger partial charge is 0.350 e. The zero-order valence-corrected chi connectivity index (χ0v) is 11.7. The first kappa shape index (κ1) is 15.0. The number of amides is 1. The topological polar surface area (TPSA) is 59.0 Å². The van der Waals surface area contributed by atoms with Gasteiger partial charge in [0, 0.05) is 25.4 Å². The molecule has 1 aromatic rings. The van der Waals surface area contributed by atoms with E-state index in [0.717, 1.165) is 31.4 Å². The van der Waals surface area contributed by atoms with Gasteiger partial charge in [-0.25, -0.2) is 0 Å². The average Bonchev–Trinajstić information content (AvgIpc) is 2.95. The van der Waals surface area contributed by atoms with E-state index < -0.39 is 0 Å². The molecule has 2 N–H and O–H groups in total. The van der Waals surface area contributed by atoms with Crippen LogP contribution in [0.4, 0.5) is 0 Å². The van der Waals surface area contributed by atoms with E-state index in [2.05, 4.69) is 22.7 Å². The summed E-state index contributed by atoms with van der Waals surface area (Å²) in [6.07, 6.45) is 6.55. The van der Waals surface area contributed by atoms with Gasteiger partial charge in [0.15, 0.2) is 0 Å². The molecule has 2 heterocycles. The molecule has 1 unspecified atom stereocenters. The van der Waals surface area contributed by atoms with Gasteiger partial charge in [0.1, 0.15) is 0 Å². The summed E-state index contributed by atoms with van der Waals surface area (Å²) in [6.45, 7) is 3.55. The van der Waals surface area contributed by atoms with Crippen LogP contribution in [0.15, 0.2) is 12.4 Å². The fraction of sp³-hybridized carbons (Fsp3) is 0.667. The number of rotatable bonds is 4. The smallest absolute Gasteiger partial charge is 0.240 e. The molecule has 0 aromatic carbocycles. The predicted octanol–water partition coefficient (Wildman–Crippen LogP) is 0.990. The molecular formula is C12H21ClN4O.